The molecule has 0 unspecified atom stereocenters. The van der Waals surface area contributed by atoms with Crippen LogP contribution in [0.25, 0.3) is 0 Å². The van der Waals surface area contributed by atoms with Crippen molar-refractivity contribution in [2.45, 2.75) is 52.2 Å². The van der Waals surface area contributed by atoms with Crippen LogP contribution in [0.4, 0.5) is 0 Å². The van der Waals surface area contributed by atoms with E-state index in [4.69, 9.17) is 4.74 Å². The molecule has 142 valence electrons. The number of rotatable bonds is 8. The average molecular weight is 365 g/mol. The SMILES string of the molecule is CCC1(C(=O)OC(=O)[C@H](C)N(Cc2ccccc2)Cc2ccccc2)CC1. The van der Waals surface area contributed by atoms with Crippen molar-refractivity contribution in [3.63, 3.8) is 0 Å². The molecule has 1 fully saturated rings. The predicted octanol–water partition coefficient (Wildman–Crippen LogP) is 4.34. The summed E-state index contributed by atoms with van der Waals surface area (Å²) in [5, 5.41) is 0. The fraction of sp³-hybridized carbons (Fsp3) is 0.391. The molecule has 0 aromatic heterocycles. The van der Waals surface area contributed by atoms with Gasteiger partial charge in [0.25, 0.3) is 0 Å². The highest BCUT2D eigenvalue weighted by Crippen LogP contribution is 2.49. The smallest absolute Gasteiger partial charge is 0.330 e. The Balaban J connectivity index is 1.72. The van der Waals surface area contributed by atoms with Crippen molar-refractivity contribution in [2.75, 3.05) is 0 Å². The minimum Gasteiger partial charge on any atom is -0.392 e. The molecule has 0 bridgehead atoms. The average Bonchev–Trinajstić information content (AvgIpc) is 3.50. The predicted molar refractivity (Wildman–Crippen MR) is 105 cm³/mol. The Labute approximate surface area is 161 Å². The zero-order valence-electron chi connectivity index (χ0n) is 16.1. The van der Waals surface area contributed by atoms with E-state index in [1.807, 2.05) is 79.4 Å². The molecular weight excluding hydrogens is 338 g/mol. The van der Waals surface area contributed by atoms with Crippen molar-refractivity contribution in [2.24, 2.45) is 5.41 Å². The maximum atomic E-state index is 12.7. The second-order valence-electron chi connectivity index (χ2n) is 7.39. The van der Waals surface area contributed by atoms with Crippen molar-refractivity contribution in [1.82, 2.24) is 4.90 Å². The number of benzene rings is 2. The van der Waals surface area contributed by atoms with Gasteiger partial charge >= 0.3 is 11.9 Å². The fourth-order valence-corrected chi connectivity index (χ4v) is 3.25. The molecule has 0 saturated heterocycles. The summed E-state index contributed by atoms with van der Waals surface area (Å²) < 4.78 is 5.27. The van der Waals surface area contributed by atoms with Gasteiger partial charge in [-0.3, -0.25) is 9.69 Å². The Kier molecular flexibility index (Phi) is 6.07. The van der Waals surface area contributed by atoms with Gasteiger partial charge in [-0.1, -0.05) is 67.6 Å². The van der Waals surface area contributed by atoms with Gasteiger partial charge in [-0.25, -0.2) is 4.79 Å². The molecule has 27 heavy (non-hydrogen) atoms. The largest absolute Gasteiger partial charge is 0.392 e. The molecular formula is C23H27NO3. The van der Waals surface area contributed by atoms with Gasteiger partial charge in [0.15, 0.2) is 0 Å². The number of hydrogen-bond acceptors (Lipinski definition) is 4. The molecule has 2 aromatic carbocycles. The molecule has 0 heterocycles. The van der Waals surface area contributed by atoms with E-state index in [9.17, 15) is 9.59 Å². The van der Waals surface area contributed by atoms with Crippen molar-refractivity contribution in [1.29, 1.82) is 0 Å². The van der Waals surface area contributed by atoms with Gasteiger partial charge < -0.3 is 4.74 Å². The normalized spacial score (nSPS) is 16.0. The first-order valence-corrected chi connectivity index (χ1v) is 9.62. The first-order valence-electron chi connectivity index (χ1n) is 9.62. The van der Waals surface area contributed by atoms with Gasteiger partial charge in [-0.05, 0) is 37.3 Å². The quantitative estimate of drug-likeness (QED) is 0.516. The van der Waals surface area contributed by atoms with Crippen molar-refractivity contribution < 1.29 is 14.3 Å². The van der Waals surface area contributed by atoms with Crippen LogP contribution in [0, 0.1) is 5.41 Å². The van der Waals surface area contributed by atoms with Crippen LogP contribution in [-0.4, -0.2) is 22.9 Å². The molecule has 0 N–H and O–H groups in total. The van der Waals surface area contributed by atoms with Gasteiger partial charge in [-0.2, -0.15) is 0 Å². The van der Waals surface area contributed by atoms with Crippen LogP contribution >= 0.6 is 0 Å². The summed E-state index contributed by atoms with van der Waals surface area (Å²) in [7, 11) is 0. The highest BCUT2D eigenvalue weighted by molar-refractivity contribution is 5.92. The molecule has 1 aliphatic rings. The van der Waals surface area contributed by atoms with Gasteiger partial charge in [0.05, 0.1) is 5.41 Å². The third kappa shape index (κ3) is 4.83. The van der Waals surface area contributed by atoms with E-state index in [2.05, 4.69) is 0 Å². The lowest BCUT2D eigenvalue weighted by molar-refractivity contribution is -0.167. The van der Waals surface area contributed by atoms with E-state index < -0.39 is 17.4 Å². The molecule has 4 heteroatoms. The van der Waals surface area contributed by atoms with Crippen LogP contribution in [0.3, 0.4) is 0 Å². The Morgan fingerprint density at radius 2 is 1.44 bits per heavy atom. The maximum Gasteiger partial charge on any atom is 0.330 e. The van der Waals surface area contributed by atoms with E-state index in [0.717, 1.165) is 30.4 Å². The van der Waals surface area contributed by atoms with Crippen LogP contribution < -0.4 is 0 Å². The van der Waals surface area contributed by atoms with Crippen molar-refractivity contribution >= 4 is 11.9 Å². The van der Waals surface area contributed by atoms with E-state index in [1.54, 1.807) is 0 Å². The third-order valence-corrected chi connectivity index (χ3v) is 5.50. The summed E-state index contributed by atoms with van der Waals surface area (Å²) in [6.45, 7) is 5.00. The summed E-state index contributed by atoms with van der Waals surface area (Å²) >= 11 is 0. The number of ether oxygens (including phenoxy) is 1. The van der Waals surface area contributed by atoms with Gasteiger partial charge in [0, 0.05) is 13.1 Å². The first-order chi connectivity index (χ1) is 13.0. The Hall–Kier alpha value is -2.46. The first kappa shape index (κ1) is 19.3. The number of nitrogens with zero attached hydrogens (tertiary/aromatic N) is 1. The fourth-order valence-electron chi connectivity index (χ4n) is 3.25. The molecule has 0 aliphatic heterocycles. The van der Waals surface area contributed by atoms with Crippen molar-refractivity contribution in [3.8, 4) is 0 Å². The molecule has 4 nitrogen and oxygen atoms in total. The van der Waals surface area contributed by atoms with Crippen LogP contribution in [0.5, 0.6) is 0 Å². The lowest BCUT2D eigenvalue weighted by Gasteiger charge is -2.28. The van der Waals surface area contributed by atoms with E-state index >= 15 is 0 Å². The maximum absolute atomic E-state index is 12.7. The van der Waals surface area contributed by atoms with Gasteiger partial charge in [0.2, 0.25) is 0 Å². The molecule has 1 atom stereocenters. The van der Waals surface area contributed by atoms with Gasteiger partial charge in [-0.15, -0.1) is 0 Å². The zero-order chi connectivity index (χ0) is 19.3. The van der Waals surface area contributed by atoms with Crippen LogP contribution in [0.15, 0.2) is 60.7 Å². The molecule has 0 amide bonds. The van der Waals surface area contributed by atoms with Crippen molar-refractivity contribution in [3.05, 3.63) is 71.8 Å². The number of carbonyl (C=O) groups excluding carboxylic acids is 2. The van der Waals surface area contributed by atoms with E-state index in [-0.39, 0.29) is 5.97 Å². The standard InChI is InChI=1S/C23H27NO3/c1-3-23(14-15-23)22(26)27-21(25)18(2)24(16-19-10-6-4-7-11-19)17-20-12-8-5-9-13-20/h4-13,18H,3,14-17H2,1-2H3/t18-/m0/s1. The highest BCUT2D eigenvalue weighted by atomic mass is 16.6. The highest BCUT2D eigenvalue weighted by Gasteiger charge is 2.50. The Morgan fingerprint density at radius 3 is 1.85 bits per heavy atom. The van der Waals surface area contributed by atoms with Gasteiger partial charge in [0.1, 0.15) is 6.04 Å². The van der Waals surface area contributed by atoms with Crippen LogP contribution in [0.2, 0.25) is 0 Å². The minimum absolute atomic E-state index is 0.360. The summed E-state index contributed by atoms with van der Waals surface area (Å²) in [5.41, 5.74) is 1.82. The van der Waals surface area contributed by atoms with Crippen LogP contribution in [0.1, 0.15) is 44.2 Å². The molecule has 1 aliphatic carbocycles. The zero-order valence-corrected chi connectivity index (χ0v) is 16.1. The van der Waals surface area contributed by atoms with E-state index in [0.29, 0.717) is 13.1 Å². The van der Waals surface area contributed by atoms with E-state index in [1.165, 1.54) is 0 Å². The summed E-state index contributed by atoms with van der Waals surface area (Å²) in [6, 6.07) is 19.5. The third-order valence-electron chi connectivity index (χ3n) is 5.50. The lowest BCUT2D eigenvalue weighted by atomic mass is 10.0. The number of hydrogen-bond donors (Lipinski definition) is 0. The molecule has 3 rings (SSSR count). The summed E-state index contributed by atoms with van der Waals surface area (Å²) in [6.07, 6.45) is 2.37. The number of esters is 2. The topological polar surface area (TPSA) is 46.6 Å². The molecule has 0 radical (unpaired) electrons. The second kappa shape index (κ2) is 8.49. The van der Waals surface area contributed by atoms with Crippen LogP contribution in [-0.2, 0) is 27.4 Å². The second-order valence-corrected chi connectivity index (χ2v) is 7.39. The number of carbonyl (C=O) groups is 2. The molecule has 1 saturated carbocycles. The Morgan fingerprint density at radius 1 is 0.963 bits per heavy atom. The molecule has 0 spiro atoms. The molecule has 2 aromatic rings. The Bertz CT molecular complexity index is 727. The summed E-state index contributed by atoms with van der Waals surface area (Å²) in [4.78, 5) is 27.1. The summed E-state index contributed by atoms with van der Waals surface area (Å²) in [5.74, 6) is -0.826. The minimum atomic E-state index is -0.512. The lowest BCUT2D eigenvalue weighted by Crippen LogP contribution is -2.40. The monoisotopic (exact) mass is 365 g/mol.